The number of aryl methyl sites for hydroxylation is 1. The lowest BCUT2D eigenvalue weighted by atomic mass is 10.1. The summed E-state index contributed by atoms with van der Waals surface area (Å²) in [6.45, 7) is 3.67. The molecule has 5 nitrogen and oxygen atoms in total. The standard InChI is InChI=1S/C21H20FN3O2/c1-3-15-4-10-18(11-5-15)23-21(27)14(2)25-20(26)13-12-19(24-25)16-6-8-17(22)9-7-16/h4-14H,3H2,1-2H3,(H,23,27). The van der Waals surface area contributed by atoms with E-state index in [0.29, 0.717) is 16.9 Å². The molecular formula is C21H20FN3O2. The summed E-state index contributed by atoms with van der Waals surface area (Å²) < 4.78 is 14.2. The zero-order chi connectivity index (χ0) is 19.4. The number of anilines is 1. The molecule has 0 aliphatic carbocycles. The van der Waals surface area contributed by atoms with Gasteiger partial charge in [-0.25, -0.2) is 9.07 Å². The Morgan fingerprint density at radius 1 is 1.07 bits per heavy atom. The maximum atomic E-state index is 13.1. The number of amides is 1. The van der Waals surface area contributed by atoms with E-state index in [4.69, 9.17) is 0 Å². The van der Waals surface area contributed by atoms with Gasteiger partial charge in [0.05, 0.1) is 5.69 Å². The minimum atomic E-state index is -0.802. The van der Waals surface area contributed by atoms with Crippen LogP contribution in [0.1, 0.15) is 25.5 Å². The molecule has 1 heterocycles. The molecule has 0 saturated heterocycles. The Kier molecular flexibility index (Phi) is 5.45. The van der Waals surface area contributed by atoms with Gasteiger partial charge in [-0.1, -0.05) is 19.1 Å². The van der Waals surface area contributed by atoms with Gasteiger partial charge < -0.3 is 5.32 Å². The lowest BCUT2D eigenvalue weighted by molar-refractivity contribution is -0.119. The second kappa shape index (κ2) is 7.95. The van der Waals surface area contributed by atoms with Crippen molar-refractivity contribution in [3.63, 3.8) is 0 Å². The fraction of sp³-hybridized carbons (Fsp3) is 0.190. The van der Waals surface area contributed by atoms with E-state index in [1.807, 2.05) is 24.3 Å². The van der Waals surface area contributed by atoms with Crippen molar-refractivity contribution in [2.24, 2.45) is 0 Å². The van der Waals surface area contributed by atoms with Crippen LogP contribution in [-0.4, -0.2) is 15.7 Å². The molecule has 0 radical (unpaired) electrons. The number of benzene rings is 2. The predicted octanol–water partition coefficient (Wildman–Crippen LogP) is 3.81. The summed E-state index contributed by atoms with van der Waals surface area (Å²) in [7, 11) is 0. The first kappa shape index (κ1) is 18.5. The molecule has 3 aromatic rings. The first-order chi connectivity index (χ1) is 13.0. The Hall–Kier alpha value is -3.28. The van der Waals surface area contributed by atoms with E-state index in [9.17, 15) is 14.0 Å². The van der Waals surface area contributed by atoms with Crippen LogP contribution in [0.25, 0.3) is 11.3 Å². The first-order valence-corrected chi connectivity index (χ1v) is 8.73. The van der Waals surface area contributed by atoms with Crippen LogP contribution in [0.5, 0.6) is 0 Å². The van der Waals surface area contributed by atoms with Crippen molar-refractivity contribution in [3.8, 4) is 11.3 Å². The van der Waals surface area contributed by atoms with Gasteiger partial charge in [0, 0.05) is 17.3 Å². The molecule has 0 bridgehead atoms. The first-order valence-electron chi connectivity index (χ1n) is 8.73. The van der Waals surface area contributed by atoms with Gasteiger partial charge in [0.1, 0.15) is 11.9 Å². The summed E-state index contributed by atoms with van der Waals surface area (Å²) in [6.07, 6.45) is 0.917. The third kappa shape index (κ3) is 4.28. The monoisotopic (exact) mass is 365 g/mol. The second-order valence-electron chi connectivity index (χ2n) is 6.22. The SMILES string of the molecule is CCc1ccc(NC(=O)C(C)n2nc(-c3ccc(F)cc3)ccc2=O)cc1. The number of hydrogen-bond donors (Lipinski definition) is 1. The predicted molar refractivity (Wildman–Crippen MR) is 103 cm³/mol. The zero-order valence-corrected chi connectivity index (χ0v) is 15.1. The van der Waals surface area contributed by atoms with Crippen molar-refractivity contribution >= 4 is 11.6 Å². The number of nitrogens with zero attached hydrogens (tertiary/aromatic N) is 2. The Balaban J connectivity index is 1.83. The van der Waals surface area contributed by atoms with Crippen LogP contribution in [0.2, 0.25) is 0 Å². The number of aromatic nitrogens is 2. The lowest BCUT2D eigenvalue weighted by Crippen LogP contribution is -2.33. The van der Waals surface area contributed by atoms with Gasteiger partial charge in [-0.15, -0.1) is 0 Å². The van der Waals surface area contributed by atoms with Gasteiger partial charge in [-0.3, -0.25) is 9.59 Å². The van der Waals surface area contributed by atoms with E-state index < -0.39 is 6.04 Å². The van der Waals surface area contributed by atoms with Crippen LogP contribution in [0.4, 0.5) is 10.1 Å². The molecule has 0 fully saturated rings. The summed E-state index contributed by atoms with van der Waals surface area (Å²) in [5, 5.41) is 7.08. The summed E-state index contributed by atoms with van der Waals surface area (Å²) >= 11 is 0. The molecule has 0 aliphatic rings. The van der Waals surface area contributed by atoms with Crippen molar-refractivity contribution < 1.29 is 9.18 Å². The van der Waals surface area contributed by atoms with Crippen LogP contribution in [-0.2, 0) is 11.2 Å². The van der Waals surface area contributed by atoms with Crippen molar-refractivity contribution in [2.75, 3.05) is 5.32 Å². The molecule has 138 valence electrons. The lowest BCUT2D eigenvalue weighted by Gasteiger charge is -2.15. The van der Waals surface area contributed by atoms with Gasteiger partial charge in [0.2, 0.25) is 5.91 Å². The number of hydrogen-bond acceptors (Lipinski definition) is 3. The summed E-state index contributed by atoms with van der Waals surface area (Å²) in [6, 6.07) is 15.4. The van der Waals surface area contributed by atoms with E-state index in [1.165, 1.54) is 23.8 Å². The highest BCUT2D eigenvalue weighted by Crippen LogP contribution is 2.17. The topological polar surface area (TPSA) is 64.0 Å². The van der Waals surface area contributed by atoms with E-state index in [-0.39, 0.29) is 17.3 Å². The second-order valence-corrected chi connectivity index (χ2v) is 6.22. The van der Waals surface area contributed by atoms with Gasteiger partial charge in [-0.2, -0.15) is 5.10 Å². The third-order valence-electron chi connectivity index (χ3n) is 4.34. The molecule has 6 heteroatoms. The van der Waals surface area contributed by atoms with Crippen LogP contribution in [0.15, 0.2) is 65.5 Å². The van der Waals surface area contributed by atoms with Crippen LogP contribution in [0, 0.1) is 5.82 Å². The minimum absolute atomic E-state index is 0.342. The highest BCUT2D eigenvalue weighted by Gasteiger charge is 2.18. The molecule has 1 amide bonds. The number of carbonyl (C=O) groups excluding carboxylic acids is 1. The molecule has 1 atom stereocenters. The molecule has 27 heavy (non-hydrogen) atoms. The summed E-state index contributed by atoms with van der Waals surface area (Å²) in [5.41, 5.74) is 2.59. The zero-order valence-electron chi connectivity index (χ0n) is 15.1. The highest BCUT2D eigenvalue weighted by atomic mass is 19.1. The van der Waals surface area contributed by atoms with E-state index in [1.54, 1.807) is 25.1 Å². The fourth-order valence-corrected chi connectivity index (χ4v) is 2.66. The van der Waals surface area contributed by atoms with Gasteiger partial charge in [0.25, 0.3) is 5.56 Å². The van der Waals surface area contributed by atoms with Gasteiger partial charge >= 0.3 is 0 Å². The van der Waals surface area contributed by atoms with E-state index in [2.05, 4.69) is 17.3 Å². The van der Waals surface area contributed by atoms with Crippen LogP contribution in [0.3, 0.4) is 0 Å². The molecule has 2 aromatic carbocycles. The fourth-order valence-electron chi connectivity index (χ4n) is 2.66. The van der Waals surface area contributed by atoms with Crippen molar-refractivity contribution in [1.82, 2.24) is 9.78 Å². The minimum Gasteiger partial charge on any atom is -0.324 e. The van der Waals surface area contributed by atoms with Gasteiger partial charge in [-0.05, 0) is 61.4 Å². The van der Waals surface area contributed by atoms with Crippen molar-refractivity contribution in [3.05, 3.63) is 82.4 Å². The molecular weight excluding hydrogens is 345 g/mol. The van der Waals surface area contributed by atoms with Crippen molar-refractivity contribution in [2.45, 2.75) is 26.3 Å². The normalized spacial score (nSPS) is 11.8. The number of rotatable bonds is 5. The average molecular weight is 365 g/mol. The average Bonchev–Trinajstić information content (AvgIpc) is 2.69. The highest BCUT2D eigenvalue weighted by molar-refractivity contribution is 5.93. The third-order valence-corrected chi connectivity index (χ3v) is 4.34. The Bertz CT molecular complexity index is 995. The molecule has 1 aromatic heterocycles. The maximum Gasteiger partial charge on any atom is 0.267 e. The van der Waals surface area contributed by atoms with E-state index in [0.717, 1.165) is 11.1 Å². The molecule has 0 aliphatic heterocycles. The molecule has 1 N–H and O–H groups in total. The summed E-state index contributed by atoms with van der Waals surface area (Å²) in [4.78, 5) is 24.8. The number of carbonyl (C=O) groups is 1. The summed E-state index contributed by atoms with van der Waals surface area (Å²) in [5.74, 6) is -0.695. The van der Waals surface area contributed by atoms with Gasteiger partial charge in [0.15, 0.2) is 0 Å². The van der Waals surface area contributed by atoms with Crippen LogP contribution >= 0.6 is 0 Å². The van der Waals surface area contributed by atoms with Crippen molar-refractivity contribution in [1.29, 1.82) is 0 Å². The molecule has 3 rings (SSSR count). The molecule has 0 spiro atoms. The number of halogens is 1. The largest absolute Gasteiger partial charge is 0.324 e. The smallest absolute Gasteiger partial charge is 0.267 e. The Morgan fingerprint density at radius 3 is 2.37 bits per heavy atom. The van der Waals surface area contributed by atoms with Crippen LogP contribution < -0.4 is 10.9 Å². The maximum absolute atomic E-state index is 13.1. The Labute approximate surface area is 156 Å². The quantitative estimate of drug-likeness (QED) is 0.748. The number of nitrogens with one attached hydrogen (secondary N) is 1. The molecule has 1 unspecified atom stereocenters. The Morgan fingerprint density at radius 2 is 1.74 bits per heavy atom. The van der Waals surface area contributed by atoms with E-state index >= 15 is 0 Å². The molecule has 0 saturated carbocycles.